The molecule has 1 aromatic carbocycles. The zero-order valence-electron chi connectivity index (χ0n) is 5.34. The van der Waals surface area contributed by atoms with Crippen LogP contribution in [0.25, 0.3) is 0 Å². The summed E-state index contributed by atoms with van der Waals surface area (Å²) in [6, 6.07) is 7.51. The van der Waals surface area contributed by atoms with Crippen LogP contribution in [0.1, 0.15) is 5.56 Å². The van der Waals surface area contributed by atoms with Gasteiger partial charge in [-0.15, -0.1) is 0 Å². The molecule has 0 atom stereocenters. The van der Waals surface area contributed by atoms with Gasteiger partial charge in [0.2, 0.25) is 0 Å². The highest BCUT2D eigenvalue weighted by Gasteiger charge is 1.89. The second-order valence-corrected chi connectivity index (χ2v) is 2.50. The molecule has 0 fully saturated rings. The van der Waals surface area contributed by atoms with Crippen molar-refractivity contribution in [3.05, 3.63) is 29.8 Å². The highest BCUT2D eigenvalue weighted by atomic mass is 79.9. The lowest BCUT2D eigenvalue weighted by Crippen LogP contribution is -1.88. The van der Waals surface area contributed by atoms with E-state index in [1.807, 2.05) is 24.3 Å². The fourth-order valence-corrected chi connectivity index (χ4v) is 1.04. The Balaban J connectivity index is 2.80. The summed E-state index contributed by atoms with van der Waals surface area (Å²) >= 11 is 3.32. The van der Waals surface area contributed by atoms with Crippen LogP contribution in [0, 0.1) is 0 Å². The molecule has 0 saturated heterocycles. The third kappa shape index (κ3) is 1.72. The minimum atomic E-state index is 0.713. The van der Waals surface area contributed by atoms with Gasteiger partial charge < -0.3 is 0 Å². The average molecular weight is 202 g/mol. The molecule has 10 heavy (non-hydrogen) atoms. The molecule has 0 amide bonds. The van der Waals surface area contributed by atoms with Crippen LogP contribution in [-0.2, 0) is 5.33 Å². The minimum absolute atomic E-state index is 0.713. The lowest BCUT2D eigenvalue weighted by Gasteiger charge is -1.98. The molecule has 2 N–H and O–H groups in total. The summed E-state index contributed by atoms with van der Waals surface area (Å²) in [6.45, 7) is 0. The van der Waals surface area contributed by atoms with E-state index >= 15 is 0 Å². The first-order chi connectivity index (χ1) is 4.86. The van der Waals surface area contributed by atoms with Gasteiger partial charge in [0.1, 0.15) is 0 Å². The molecular formula is C7H8BrNO. The van der Waals surface area contributed by atoms with Gasteiger partial charge in [0, 0.05) is 5.33 Å². The molecule has 0 saturated carbocycles. The van der Waals surface area contributed by atoms with Gasteiger partial charge in [0.15, 0.2) is 0 Å². The summed E-state index contributed by atoms with van der Waals surface area (Å²) < 4.78 is 0. The standard InChI is InChI=1S/C7H8BrNO/c8-5-6-1-3-7(9-10)4-2-6/h1-4,9-10H,5H2. The Morgan fingerprint density at radius 1 is 1.30 bits per heavy atom. The van der Waals surface area contributed by atoms with Crippen molar-refractivity contribution in [2.75, 3.05) is 5.48 Å². The molecule has 0 bridgehead atoms. The number of benzene rings is 1. The third-order valence-corrected chi connectivity index (χ3v) is 1.88. The fraction of sp³-hybridized carbons (Fsp3) is 0.143. The van der Waals surface area contributed by atoms with Crippen LogP contribution in [0.2, 0.25) is 0 Å². The van der Waals surface area contributed by atoms with Crippen LogP contribution >= 0.6 is 15.9 Å². The van der Waals surface area contributed by atoms with E-state index < -0.39 is 0 Å². The minimum Gasteiger partial charge on any atom is -0.291 e. The van der Waals surface area contributed by atoms with E-state index in [-0.39, 0.29) is 0 Å². The molecule has 0 radical (unpaired) electrons. The average Bonchev–Trinajstić information content (AvgIpc) is 2.05. The van der Waals surface area contributed by atoms with Crippen molar-refractivity contribution in [2.45, 2.75) is 5.33 Å². The summed E-state index contributed by atoms with van der Waals surface area (Å²) in [4.78, 5) is 0. The molecule has 1 aromatic rings. The third-order valence-electron chi connectivity index (χ3n) is 1.24. The van der Waals surface area contributed by atoms with Crippen molar-refractivity contribution in [1.29, 1.82) is 0 Å². The molecule has 0 aliphatic heterocycles. The zero-order valence-corrected chi connectivity index (χ0v) is 6.93. The van der Waals surface area contributed by atoms with Crippen molar-refractivity contribution in [3.8, 4) is 0 Å². The second kappa shape index (κ2) is 3.58. The Bertz CT molecular complexity index is 174. The van der Waals surface area contributed by atoms with Crippen molar-refractivity contribution < 1.29 is 5.21 Å². The maximum absolute atomic E-state index is 8.44. The zero-order chi connectivity index (χ0) is 7.40. The molecule has 54 valence electrons. The van der Waals surface area contributed by atoms with Gasteiger partial charge in [-0.25, -0.2) is 0 Å². The van der Waals surface area contributed by atoms with E-state index in [0.717, 1.165) is 5.33 Å². The molecule has 3 heteroatoms. The Morgan fingerprint density at radius 3 is 2.30 bits per heavy atom. The Hall–Kier alpha value is -0.540. The Morgan fingerprint density at radius 2 is 1.90 bits per heavy atom. The fourth-order valence-electron chi connectivity index (χ4n) is 0.668. The lowest BCUT2D eigenvalue weighted by molar-refractivity contribution is 0.389. The molecule has 0 aliphatic rings. The number of nitrogens with one attached hydrogen (secondary N) is 1. The molecule has 2 nitrogen and oxygen atoms in total. The molecule has 0 aliphatic carbocycles. The van der Waals surface area contributed by atoms with Gasteiger partial charge in [-0.05, 0) is 17.7 Å². The van der Waals surface area contributed by atoms with Crippen molar-refractivity contribution in [1.82, 2.24) is 0 Å². The first-order valence-corrected chi connectivity index (χ1v) is 4.04. The lowest BCUT2D eigenvalue weighted by atomic mass is 10.2. The van der Waals surface area contributed by atoms with E-state index in [4.69, 9.17) is 5.21 Å². The molecule has 0 unspecified atom stereocenters. The number of alkyl halides is 1. The Kier molecular flexibility index (Phi) is 2.71. The van der Waals surface area contributed by atoms with Crippen LogP contribution in [-0.4, -0.2) is 5.21 Å². The summed E-state index contributed by atoms with van der Waals surface area (Å²) in [5, 5.41) is 9.29. The number of hydrogen-bond donors (Lipinski definition) is 2. The molecule has 0 heterocycles. The highest BCUT2D eigenvalue weighted by molar-refractivity contribution is 9.08. The quantitative estimate of drug-likeness (QED) is 0.570. The number of anilines is 1. The van der Waals surface area contributed by atoms with Crippen molar-refractivity contribution >= 4 is 21.6 Å². The van der Waals surface area contributed by atoms with Gasteiger partial charge in [-0.3, -0.25) is 10.7 Å². The first-order valence-electron chi connectivity index (χ1n) is 2.92. The predicted molar refractivity (Wildman–Crippen MR) is 44.5 cm³/mol. The topological polar surface area (TPSA) is 32.3 Å². The van der Waals surface area contributed by atoms with Crippen LogP contribution in [0.3, 0.4) is 0 Å². The summed E-state index contributed by atoms with van der Waals surface area (Å²) in [5.41, 5.74) is 3.97. The largest absolute Gasteiger partial charge is 0.291 e. The van der Waals surface area contributed by atoms with E-state index in [1.165, 1.54) is 5.56 Å². The molecule has 0 spiro atoms. The van der Waals surface area contributed by atoms with E-state index in [1.54, 1.807) is 0 Å². The van der Waals surface area contributed by atoms with Gasteiger partial charge in [-0.1, -0.05) is 28.1 Å². The maximum Gasteiger partial charge on any atom is 0.0602 e. The SMILES string of the molecule is ONc1ccc(CBr)cc1. The van der Waals surface area contributed by atoms with Gasteiger partial charge >= 0.3 is 0 Å². The van der Waals surface area contributed by atoms with Crippen molar-refractivity contribution in [3.63, 3.8) is 0 Å². The van der Waals surface area contributed by atoms with Crippen LogP contribution in [0.4, 0.5) is 5.69 Å². The Labute approximate surface area is 68.0 Å². The number of rotatable bonds is 2. The summed E-state index contributed by atoms with van der Waals surface area (Å²) in [5.74, 6) is 0. The highest BCUT2D eigenvalue weighted by Crippen LogP contribution is 2.10. The maximum atomic E-state index is 8.44. The van der Waals surface area contributed by atoms with Crippen LogP contribution in [0.5, 0.6) is 0 Å². The van der Waals surface area contributed by atoms with Crippen LogP contribution < -0.4 is 5.48 Å². The number of halogens is 1. The van der Waals surface area contributed by atoms with Crippen molar-refractivity contribution in [2.24, 2.45) is 0 Å². The molecule has 1 rings (SSSR count). The van der Waals surface area contributed by atoms with E-state index in [2.05, 4.69) is 21.4 Å². The van der Waals surface area contributed by atoms with Gasteiger partial charge in [0.05, 0.1) is 5.69 Å². The number of hydrogen-bond acceptors (Lipinski definition) is 2. The molecule has 0 aromatic heterocycles. The summed E-state index contributed by atoms with van der Waals surface area (Å²) in [6.07, 6.45) is 0. The second-order valence-electron chi connectivity index (χ2n) is 1.94. The molecular weight excluding hydrogens is 194 g/mol. The monoisotopic (exact) mass is 201 g/mol. The normalized spacial score (nSPS) is 9.40. The first kappa shape index (κ1) is 7.57. The van der Waals surface area contributed by atoms with Crippen LogP contribution in [0.15, 0.2) is 24.3 Å². The van der Waals surface area contributed by atoms with E-state index in [0.29, 0.717) is 5.69 Å². The predicted octanol–water partition coefficient (Wildman–Crippen LogP) is 2.38. The smallest absolute Gasteiger partial charge is 0.0602 e. The van der Waals surface area contributed by atoms with Gasteiger partial charge in [-0.2, -0.15) is 0 Å². The van der Waals surface area contributed by atoms with Gasteiger partial charge in [0.25, 0.3) is 0 Å². The summed E-state index contributed by atoms with van der Waals surface area (Å²) in [7, 11) is 0. The van der Waals surface area contributed by atoms with E-state index in [9.17, 15) is 0 Å².